The van der Waals surface area contributed by atoms with Gasteiger partial charge in [0, 0.05) is 5.75 Å². The fourth-order valence-electron chi connectivity index (χ4n) is 1.06. The number of rotatable bonds is 5. The third kappa shape index (κ3) is 3.73. The van der Waals surface area contributed by atoms with Crippen molar-refractivity contribution in [2.75, 3.05) is 12.9 Å². The summed E-state index contributed by atoms with van der Waals surface area (Å²) in [5.41, 5.74) is 1.37. The van der Waals surface area contributed by atoms with E-state index in [2.05, 4.69) is 19.1 Å². The first-order valence-electron chi connectivity index (χ1n) is 4.57. The molecule has 0 radical (unpaired) electrons. The van der Waals surface area contributed by atoms with Crippen LogP contribution in [0.4, 0.5) is 0 Å². The molecule has 2 heteroatoms. The van der Waals surface area contributed by atoms with E-state index in [9.17, 15) is 0 Å². The van der Waals surface area contributed by atoms with Gasteiger partial charge in [0.25, 0.3) is 0 Å². The highest BCUT2D eigenvalue weighted by Crippen LogP contribution is 2.16. The lowest BCUT2D eigenvalue weighted by Crippen LogP contribution is -1.85. The van der Waals surface area contributed by atoms with Crippen molar-refractivity contribution < 1.29 is 4.74 Å². The maximum absolute atomic E-state index is 5.09. The van der Waals surface area contributed by atoms with Gasteiger partial charge in [-0.25, -0.2) is 0 Å². The molecule has 0 saturated heterocycles. The van der Waals surface area contributed by atoms with E-state index >= 15 is 0 Å². The molecule has 0 heterocycles. The monoisotopic (exact) mass is 196 g/mol. The van der Waals surface area contributed by atoms with Gasteiger partial charge in [-0.1, -0.05) is 19.1 Å². The molecule has 0 aliphatic heterocycles. The van der Waals surface area contributed by atoms with E-state index in [0.29, 0.717) is 0 Å². The number of benzene rings is 1. The van der Waals surface area contributed by atoms with Gasteiger partial charge in [0.05, 0.1) is 7.11 Å². The molecule has 0 spiro atoms. The van der Waals surface area contributed by atoms with Gasteiger partial charge in [-0.15, -0.1) is 0 Å². The summed E-state index contributed by atoms with van der Waals surface area (Å²) >= 11 is 1.98. The summed E-state index contributed by atoms with van der Waals surface area (Å²) in [4.78, 5) is 0. The Morgan fingerprint density at radius 1 is 1.23 bits per heavy atom. The Balaban J connectivity index is 2.40. The van der Waals surface area contributed by atoms with Crippen LogP contribution >= 0.6 is 11.8 Å². The Hall–Kier alpha value is -0.630. The highest BCUT2D eigenvalue weighted by atomic mass is 32.2. The summed E-state index contributed by atoms with van der Waals surface area (Å²) in [6.07, 6.45) is 1.25. The van der Waals surface area contributed by atoms with Crippen LogP contribution in [0.25, 0.3) is 0 Å². The molecule has 1 aromatic carbocycles. The SMILES string of the molecule is CCCSCc1ccc(OC)cc1. The fraction of sp³-hybridized carbons (Fsp3) is 0.455. The normalized spacial score (nSPS) is 10.0. The molecule has 0 aliphatic carbocycles. The summed E-state index contributed by atoms with van der Waals surface area (Å²) < 4.78 is 5.09. The van der Waals surface area contributed by atoms with Crippen molar-refractivity contribution in [1.82, 2.24) is 0 Å². The molecule has 1 nitrogen and oxygen atoms in total. The van der Waals surface area contributed by atoms with Gasteiger partial charge in [0.1, 0.15) is 5.75 Å². The smallest absolute Gasteiger partial charge is 0.118 e. The van der Waals surface area contributed by atoms with E-state index in [0.717, 1.165) is 11.5 Å². The van der Waals surface area contributed by atoms with E-state index in [4.69, 9.17) is 4.74 Å². The second-order valence-electron chi connectivity index (χ2n) is 2.90. The summed E-state index contributed by atoms with van der Waals surface area (Å²) in [6, 6.07) is 8.28. The predicted octanol–water partition coefficient (Wildman–Crippen LogP) is 3.34. The first-order valence-corrected chi connectivity index (χ1v) is 5.73. The Morgan fingerprint density at radius 3 is 2.46 bits per heavy atom. The summed E-state index contributed by atoms with van der Waals surface area (Å²) in [7, 11) is 1.70. The molecule has 0 N–H and O–H groups in total. The summed E-state index contributed by atoms with van der Waals surface area (Å²) in [6.45, 7) is 2.21. The van der Waals surface area contributed by atoms with Gasteiger partial charge >= 0.3 is 0 Å². The molecule has 13 heavy (non-hydrogen) atoms. The molecular weight excluding hydrogens is 180 g/mol. The van der Waals surface area contributed by atoms with Gasteiger partial charge in [0.15, 0.2) is 0 Å². The van der Waals surface area contributed by atoms with Crippen molar-refractivity contribution in [2.24, 2.45) is 0 Å². The first-order chi connectivity index (χ1) is 6.36. The molecule has 0 fully saturated rings. The summed E-state index contributed by atoms with van der Waals surface area (Å²) in [5.74, 6) is 3.29. The van der Waals surface area contributed by atoms with E-state index in [-0.39, 0.29) is 0 Å². The number of hydrogen-bond acceptors (Lipinski definition) is 2. The molecule has 0 atom stereocenters. The van der Waals surface area contributed by atoms with E-state index < -0.39 is 0 Å². The van der Waals surface area contributed by atoms with Crippen LogP contribution < -0.4 is 4.74 Å². The molecule has 0 saturated carbocycles. The second kappa shape index (κ2) is 5.92. The average molecular weight is 196 g/mol. The second-order valence-corrected chi connectivity index (χ2v) is 4.01. The standard InChI is InChI=1S/C11H16OS/c1-3-8-13-9-10-4-6-11(12-2)7-5-10/h4-7H,3,8-9H2,1-2H3. The molecule has 0 amide bonds. The predicted molar refractivity (Wildman–Crippen MR) is 59.4 cm³/mol. The zero-order chi connectivity index (χ0) is 9.52. The minimum absolute atomic E-state index is 0.934. The number of hydrogen-bond donors (Lipinski definition) is 0. The van der Waals surface area contributed by atoms with Crippen LogP contribution in [0, 0.1) is 0 Å². The van der Waals surface area contributed by atoms with Gasteiger partial charge in [-0.3, -0.25) is 0 Å². The Morgan fingerprint density at radius 2 is 1.92 bits per heavy atom. The van der Waals surface area contributed by atoms with Crippen molar-refractivity contribution in [3.05, 3.63) is 29.8 Å². The lowest BCUT2D eigenvalue weighted by Gasteiger charge is -2.02. The molecule has 1 aromatic rings. The van der Waals surface area contributed by atoms with Gasteiger partial charge in [-0.05, 0) is 29.9 Å². The Bertz CT molecular complexity index is 230. The van der Waals surface area contributed by atoms with Crippen molar-refractivity contribution in [1.29, 1.82) is 0 Å². The van der Waals surface area contributed by atoms with Crippen LogP contribution in [-0.2, 0) is 5.75 Å². The average Bonchev–Trinajstić information content (AvgIpc) is 2.19. The van der Waals surface area contributed by atoms with E-state index in [1.807, 2.05) is 23.9 Å². The van der Waals surface area contributed by atoms with Crippen LogP contribution in [0.2, 0.25) is 0 Å². The van der Waals surface area contributed by atoms with Crippen molar-refractivity contribution in [3.8, 4) is 5.75 Å². The molecule has 0 aromatic heterocycles. The minimum Gasteiger partial charge on any atom is -0.497 e. The zero-order valence-electron chi connectivity index (χ0n) is 8.25. The molecular formula is C11H16OS. The highest BCUT2D eigenvalue weighted by Gasteiger charge is 1.93. The van der Waals surface area contributed by atoms with Crippen molar-refractivity contribution in [3.63, 3.8) is 0 Å². The lowest BCUT2D eigenvalue weighted by atomic mass is 10.2. The lowest BCUT2D eigenvalue weighted by molar-refractivity contribution is 0.414. The highest BCUT2D eigenvalue weighted by molar-refractivity contribution is 7.98. The maximum atomic E-state index is 5.09. The quantitative estimate of drug-likeness (QED) is 0.668. The van der Waals surface area contributed by atoms with Crippen LogP contribution in [0.15, 0.2) is 24.3 Å². The number of methoxy groups -OCH3 is 1. The molecule has 0 unspecified atom stereocenters. The van der Waals surface area contributed by atoms with Gasteiger partial charge in [0.2, 0.25) is 0 Å². The molecule has 1 rings (SSSR count). The van der Waals surface area contributed by atoms with Crippen molar-refractivity contribution in [2.45, 2.75) is 19.1 Å². The Kier molecular flexibility index (Phi) is 4.76. The minimum atomic E-state index is 0.934. The number of thioether (sulfide) groups is 1. The fourth-order valence-corrected chi connectivity index (χ4v) is 1.92. The van der Waals surface area contributed by atoms with Gasteiger partial charge < -0.3 is 4.74 Å². The van der Waals surface area contributed by atoms with E-state index in [1.54, 1.807) is 7.11 Å². The van der Waals surface area contributed by atoms with E-state index in [1.165, 1.54) is 17.7 Å². The molecule has 72 valence electrons. The number of ether oxygens (including phenoxy) is 1. The van der Waals surface area contributed by atoms with Crippen LogP contribution in [-0.4, -0.2) is 12.9 Å². The maximum Gasteiger partial charge on any atom is 0.118 e. The topological polar surface area (TPSA) is 9.23 Å². The van der Waals surface area contributed by atoms with Crippen molar-refractivity contribution >= 4 is 11.8 Å². The molecule has 0 bridgehead atoms. The van der Waals surface area contributed by atoms with Crippen LogP contribution in [0.3, 0.4) is 0 Å². The third-order valence-electron chi connectivity index (χ3n) is 1.78. The third-order valence-corrected chi connectivity index (χ3v) is 3.01. The largest absolute Gasteiger partial charge is 0.497 e. The Labute approximate surface area is 84.5 Å². The first kappa shape index (κ1) is 10.5. The van der Waals surface area contributed by atoms with Crippen LogP contribution in [0.5, 0.6) is 5.75 Å². The summed E-state index contributed by atoms with van der Waals surface area (Å²) in [5, 5.41) is 0. The molecule has 0 aliphatic rings. The van der Waals surface area contributed by atoms with Crippen LogP contribution in [0.1, 0.15) is 18.9 Å². The van der Waals surface area contributed by atoms with Gasteiger partial charge in [-0.2, -0.15) is 11.8 Å². The zero-order valence-corrected chi connectivity index (χ0v) is 9.06.